The van der Waals surface area contributed by atoms with Crippen LogP contribution in [0, 0.1) is 0 Å². The van der Waals surface area contributed by atoms with Crippen LogP contribution < -0.4 is 5.32 Å². The van der Waals surface area contributed by atoms with Gasteiger partial charge in [0.05, 0.1) is 5.69 Å². The minimum absolute atomic E-state index is 0.00685. The smallest absolute Gasteiger partial charge is 0.177 e. The maximum Gasteiger partial charge on any atom is 0.177 e. The first-order valence-corrected chi connectivity index (χ1v) is 6.09. The Labute approximate surface area is 103 Å². The van der Waals surface area contributed by atoms with Crippen LogP contribution in [-0.2, 0) is 16.0 Å². The SMILES string of the molecule is CCCNC(c1ccnn1CC)C(OC)OC. The molecule has 0 radical (unpaired) electrons. The van der Waals surface area contributed by atoms with E-state index in [2.05, 4.69) is 24.3 Å². The van der Waals surface area contributed by atoms with Gasteiger partial charge in [0.2, 0.25) is 0 Å². The van der Waals surface area contributed by atoms with Crippen molar-refractivity contribution in [3.8, 4) is 0 Å². The quantitative estimate of drug-likeness (QED) is 0.702. The fourth-order valence-electron chi connectivity index (χ4n) is 1.88. The number of hydrogen-bond acceptors (Lipinski definition) is 4. The lowest BCUT2D eigenvalue weighted by Gasteiger charge is -2.26. The van der Waals surface area contributed by atoms with Crippen molar-refractivity contribution in [3.63, 3.8) is 0 Å². The molecule has 0 saturated heterocycles. The highest BCUT2D eigenvalue weighted by Gasteiger charge is 2.25. The molecule has 0 fully saturated rings. The van der Waals surface area contributed by atoms with Crippen LogP contribution in [0.5, 0.6) is 0 Å². The molecular weight excluding hydrogens is 218 g/mol. The van der Waals surface area contributed by atoms with E-state index in [-0.39, 0.29) is 12.3 Å². The first-order valence-electron chi connectivity index (χ1n) is 6.09. The first-order chi connectivity index (χ1) is 8.28. The zero-order valence-corrected chi connectivity index (χ0v) is 11.1. The Morgan fingerprint density at radius 2 is 2.06 bits per heavy atom. The third-order valence-corrected chi connectivity index (χ3v) is 2.72. The van der Waals surface area contributed by atoms with Crippen molar-refractivity contribution < 1.29 is 9.47 Å². The van der Waals surface area contributed by atoms with Crippen LogP contribution in [0.2, 0.25) is 0 Å². The van der Waals surface area contributed by atoms with Gasteiger partial charge in [-0.1, -0.05) is 6.92 Å². The van der Waals surface area contributed by atoms with E-state index < -0.39 is 0 Å². The number of rotatable bonds is 8. The number of aryl methyl sites for hydroxylation is 1. The van der Waals surface area contributed by atoms with Gasteiger partial charge in [-0.15, -0.1) is 0 Å². The minimum Gasteiger partial charge on any atom is -0.354 e. The van der Waals surface area contributed by atoms with Crippen molar-refractivity contribution in [1.29, 1.82) is 0 Å². The van der Waals surface area contributed by atoms with Crippen LogP contribution >= 0.6 is 0 Å². The van der Waals surface area contributed by atoms with Crippen LogP contribution in [0.25, 0.3) is 0 Å². The van der Waals surface area contributed by atoms with E-state index in [4.69, 9.17) is 9.47 Å². The molecule has 1 aromatic heterocycles. The third-order valence-electron chi connectivity index (χ3n) is 2.72. The third kappa shape index (κ3) is 3.52. The highest BCUT2D eigenvalue weighted by atomic mass is 16.7. The van der Waals surface area contributed by atoms with Crippen molar-refractivity contribution >= 4 is 0 Å². The van der Waals surface area contributed by atoms with Gasteiger partial charge in [0.25, 0.3) is 0 Å². The molecule has 0 saturated carbocycles. The molecule has 0 bridgehead atoms. The molecule has 1 heterocycles. The van der Waals surface area contributed by atoms with Gasteiger partial charge in [0.15, 0.2) is 6.29 Å². The van der Waals surface area contributed by atoms with E-state index in [1.165, 1.54) is 0 Å². The molecule has 1 rings (SSSR count). The standard InChI is InChI=1S/C12H23N3O2/c1-5-8-13-11(12(16-3)17-4)10-7-9-14-15(10)6-2/h7,9,11-13H,5-6,8H2,1-4H3. The van der Waals surface area contributed by atoms with E-state index in [9.17, 15) is 0 Å². The minimum atomic E-state index is -0.302. The van der Waals surface area contributed by atoms with Crippen molar-refractivity contribution in [3.05, 3.63) is 18.0 Å². The van der Waals surface area contributed by atoms with Crippen molar-refractivity contribution in [1.82, 2.24) is 15.1 Å². The zero-order valence-electron chi connectivity index (χ0n) is 11.1. The Morgan fingerprint density at radius 3 is 2.59 bits per heavy atom. The summed E-state index contributed by atoms with van der Waals surface area (Å²) in [5, 5.41) is 7.72. The maximum atomic E-state index is 5.36. The topological polar surface area (TPSA) is 48.3 Å². The Hall–Kier alpha value is -0.910. The molecule has 0 aromatic carbocycles. The highest BCUT2D eigenvalue weighted by molar-refractivity contribution is 5.08. The number of nitrogens with one attached hydrogen (secondary N) is 1. The molecule has 5 heteroatoms. The lowest BCUT2D eigenvalue weighted by molar-refractivity contribution is -0.125. The summed E-state index contributed by atoms with van der Waals surface area (Å²) < 4.78 is 12.7. The number of methoxy groups -OCH3 is 2. The highest BCUT2D eigenvalue weighted by Crippen LogP contribution is 2.19. The molecule has 0 aliphatic rings. The Morgan fingerprint density at radius 1 is 1.35 bits per heavy atom. The van der Waals surface area contributed by atoms with Crippen LogP contribution in [0.15, 0.2) is 12.3 Å². The van der Waals surface area contributed by atoms with Crippen LogP contribution in [0.4, 0.5) is 0 Å². The van der Waals surface area contributed by atoms with Gasteiger partial charge in [-0.05, 0) is 26.0 Å². The van der Waals surface area contributed by atoms with E-state index >= 15 is 0 Å². The molecule has 0 aliphatic heterocycles. The number of ether oxygens (including phenoxy) is 2. The van der Waals surface area contributed by atoms with E-state index in [0.29, 0.717) is 0 Å². The van der Waals surface area contributed by atoms with Gasteiger partial charge in [0, 0.05) is 27.0 Å². The molecule has 0 aliphatic carbocycles. The zero-order chi connectivity index (χ0) is 12.7. The van der Waals surface area contributed by atoms with E-state index in [1.807, 2.05) is 16.9 Å². The second-order valence-corrected chi connectivity index (χ2v) is 3.84. The number of nitrogens with zero attached hydrogens (tertiary/aromatic N) is 2. The fourth-order valence-corrected chi connectivity index (χ4v) is 1.88. The predicted octanol–water partition coefficient (Wildman–Crippen LogP) is 1.56. The lowest BCUT2D eigenvalue weighted by Crippen LogP contribution is -2.36. The molecule has 0 amide bonds. The molecular formula is C12H23N3O2. The summed E-state index contributed by atoms with van der Waals surface area (Å²) in [6.07, 6.45) is 2.57. The molecule has 0 spiro atoms. The molecule has 5 nitrogen and oxygen atoms in total. The summed E-state index contributed by atoms with van der Waals surface area (Å²) in [4.78, 5) is 0. The summed E-state index contributed by atoms with van der Waals surface area (Å²) in [7, 11) is 3.31. The van der Waals surface area contributed by atoms with Crippen LogP contribution in [0.1, 0.15) is 32.0 Å². The average Bonchev–Trinajstić information content (AvgIpc) is 2.82. The van der Waals surface area contributed by atoms with Crippen molar-refractivity contribution in [2.75, 3.05) is 20.8 Å². The van der Waals surface area contributed by atoms with E-state index in [1.54, 1.807) is 14.2 Å². The van der Waals surface area contributed by atoms with Gasteiger partial charge in [-0.2, -0.15) is 5.10 Å². The summed E-state index contributed by atoms with van der Waals surface area (Å²) in [5.74, 6) is 0. The van der Waals surface area contributed by atoms with Crippen LogP contribution in [-0.4, -0.2) is 36.8 Å². The van der Waals surface area contributed by atoms with Crippen molar-refractivity contribution in [2.24, 2.45) is 0 Å². The van der Waals surface area contributed by atoms with Crippen LogP contribution in [0.3, 0.4) is 0 Å². The molecule has 1 atom stereocenters. The van der Waals surface area contributed by atoms with Crippen molar-refractivity contribution in [2.45, 2.75) is 39.1 Å². The monoisotopic (exact) mass is 241 g/mol. The Balaban J connectivity index is 2.88. The first kappa shape index (κ1) is 14.2. The molecule has 98 valence electrons. The fraction of sp³-hybridized carbons (Fsp3) is 0.750. The van der Waals surface area contributed by atoms with E-state index in [0.717, 1.165) is 25.2 Å². The predicted molar refractivity (Wildman–Crippen MR) is 66.7 cm³/mol. The summed E-state index contributed by atoms with van der Waals surface area (Å²) >= 11 is 0. The number of hydrogen-bond donors (Lipinski definition) is 1. The van der Waals surface area contributed by atoms with Gasteiger partial charge >= 0.3 is 0 Å². The summed E-state index contributed by atoms with van der Waals surface area (Å²) in [6.45, 7) is 5.97. The van der Waals surface area contributed by atoms with Gasteiger partial charge in [0.1, 0.15) is 6.04 Å². The van der Waals surface area contributed by atoms with Gasteiger partial charge in [-0.25, -0.2) is 0 Å². The molecule has 1 N–H and O–H groups in total. The Bertz CT molecular complexity index is 310. The second-order valence-electron chi connectivity index (χ2n) is 3.84. The normalized spacial score (nSPS) is 13.2. The molecule has 17 heavy (non-hydrogen) atoms. The Kier molecular flexibility index (Phi) is 6.18. The summed E-state index contributed by atoms with van der Waals surface area (Å²) in [5.41, 5.74) is 1.09. The maximum absolute atomic E-state index is 5.36. The number of aromatic nitrogens is 2. The second kappa shape index (κ2) is 7.42. The molecule has 1 aromatic rings. The largest absolute Gasteiger partial charge is 0.354 e. The average molecular weight is 241 g/mol. The van der Waals surface area contributed by atoms with Gasteiger partial charge in [-0.3, -0.25) is 4.68 Å². The van der Waals surface area contributed by atoms with Gasteiger partial charge < -0.3 is 14.8 Å². The lowest BCUT2D eigenvalue weighted by atomic mass is 10.2. The summed E-state index contributed by atoms with van der Waals surface area (Å²) in [6, 6.07) is 2.01. The molecule has 1 unspecified atom stereocenters.